The largest absolute Gasteiger partial charge is 0.507 e. The van der Waals surface area contributed by atoms with Crippen LogP contribution in [0.3, 0.4) is 0 Å². The lowest BCUT2D eigenvalue weighted by atomic mass is 10.0. The van der Waals surface area contributed by atoms with Crippen LogP contribution in [-0.2, 0) is 6.42 Å². The van der Waals surface area contributed by atoms with Crippen LogP contribution >= 0.6 is 11.8 Å². The Labute approximate surface area is 118 Å². The minimum Gasteiger partial charge on any atom is -0.507 e. The number of aliphatic hydroxyl groups excluding tert-OH is 1. The number of aryl methyl sites for hydroxylation is 1. The molecule has 0 aliphatic rings. The van der Waals surface area contributed by atoms with Gasteiger partial charge in [-0.15, -0.1) is 11.8 Å². The minimum atomic E-state index is -0.460. The van der Waals surface area contributed by atoms with Gasteiger partial charge in [0, 0.05) is 17.1 Å². The summed E-state index contributed by atoms with van der Waals surface area (Å²) in [6.45, 7) is 1.87. The Hall–Kier alpha value is -1.45. The van der Waals surface area contributed by atoms with Gasteiger partial charge in [0.25, 0.3) is 0 Å². The molecule has 0 saturated heterocycles. The summed E-state index contributed by atoms with van der Waals surface area (Å²) >= 11 is 1.63. The van der Waals surface area contributed by atoms with E-state index in [1.807, 2.05) is 55.5 Å². The number of aromatic hydroxyl groups is 1. The molecular formula is C16H18O2S. The Morgan fingerprint density at radius 2 is 1.79 bits per heavy atom. The fraction of sp³-hybridized carbons (Fsp3) is 0.250. The standard InChI is InChI=1S/C16H18O2S/c1-12-6-5-7-13(16(12)18)10-14(17)11-19-15-8-3-2-4-9-15/h2-9,14,17-18H,10-11H2,1H3. The van der Waals surface area contributed by atoms with Crippen molar-refractivity contribution in [3.05, 3.63) is 59.7 Å². The van der Waals surface area contributed by atoms with Gasteiger partial charge in [-0.2, -0.15) is 0 Å². The summed E-state index contributed by atoms with van der Waals surface area (Å²) in [4.78, 5) is 1.15. The molecule has 0 aromatic heterocycles. The second-order valence-electron chi connectivity index (χ2n) is 4.56. The van der Waals surface area contributed by atoms with E-state index >= 15 is 0 Å². The van der Waals surface area contributed by atoms with E-state index in [0.717, 1.165) is 16.0 Å². The molecule has 0 bridgehead atoms. The van der Waals surface area contributed by atoms with Gasteiger partial charge in [0.05, 0.1) is 6.10 Å². The number of aliphatic hydroxyl groups is 1. The first-order valence-corrected chi connectivity index (χ1v) is 7.28. The third kappa shape index (κ3) is 4.01. The number of benzene rings is 2. The zero-order valence-corrected chi connectivity index (χ0v) is 11.7. The molecule has 19 heavy (non-hydrogen) atoms. The van der Waals surface area contributed by atoms with Gasteiger partial charge < -0.3 is 10.2 Å². The first-order valence-electron chi connectivity index (χ1n) is 6.30. The molecule has 0 fully saturated rings. The van der Waals surface area contributed by atoms with Gasteiger partial charge in [-0.25, -0.2) is 0 Å². The predicted octanol–water partition coefficient (Wildman–Crippen LogP) is 3.40. The molecule has 0 saturated carbocycles. The Morgan fingerprint density at radius 1 is 1.05 bits per heavy atom. The number of thioether (sulfide) groups is 1. The highest BCUT2D eigenvalue weighted by Crippen LogP contribution is 2.24. The molecule has 1 atom stereocenters. The Balaban J connectivity index is 1.91. The van der Waals surface area contributed by atoms with Gasteiger partial charge in [0.15, 0.2) is 0 Å². The molecule has 2 aromatic carbocycles. The van der Waals surface area contributed by atoms with Crippen molar-refractivity contribution in [2.45, 2.75) is 24.3 Å². The van der Waals surface area contributed by atoms with Crippen LogP contribution in [0.2, 0.25) is 0 Å². The summed E-state index contributed by atoms with van der Waals surface area (Å²) in [5, 5.41) is 20.0. The fourth-order valence-corrected chi connectivity index (χ4v) is 2.76. The molecule has 2 aromatic rings. The molecule has 100 valence electrons. The van der Waals surface area contributed by atoms with Crippen LogP contribution in [0.25, 0.3) is 0 Å². The van der Waals surface area contributed by atoms with E-state index in [-0.39, 0.29) is 0 Å². The number of phenols is 1. The summed E-state index contributed by atoms with van der Waals surface area (Å²) in [6.07, 6.45) is 0.0192. The van der Waals surface area contributed by atoms with Gasteiger partial charge >= 0.3 is 0 Å². The van der Waals surface area contributed by atoms with Gasteiger partial charge in [-0.05, 0) is 30.2 Å². The fourth-order valence-electron chi connectivity index (χ4n) is 1.91. The van der Waals surface area contributed by atoms with Crippen molar-refractivity contribution < 1.29 is 10.2 Å². The maximum Gasteiger partial charge on any atom is 0.121 e. The number of hydrogen-bond acceptors (Lipinski definition) is 3. The second-order valence-corrected chi connectivity index (χ2v) is 5.66. The van der Waals surface area contributed by atoms with Gasteiger partial charge in [0.2, 0.25) is 0 Å². The highest BCUT2D eigenvalue weighted by atomic mass is 32.2. The maximum absolute atomic E-state index is 10.0. The van der Waals surface area contributed by atoms with Gasteiger partial charge in [0.1, 0.15) is 5.75 Å². The molecule has 2 N–H and O–H groups in total. The lowest BCUT2D eigenvalue weighted by Gasteiger charge is -2.12. The first-order chi connectivity index (χ1) is 9.16. The highest BCUT2D eigenvalue weighted by molar-refractivity contribution is 7.99. The van der Waals surface area contributed by atoms with Crippen molar-refractivity contribution in [2.75, 3.05) is 5.75 Å². The molecule has 1 unspecified atom stereocenters. The smallest absolute Gasteiger partial charge is 0.121 e. The van der Waals surface area contributed by atoms with Crippen molar-refractivity contribution in [2.24, 2.45) is 0 Å². The predicted molar refractivity (Wildman–Crippen MR) is 79.7 cm³/mol. The molecule has 2 rings (SSSR count). The number of rotatable bonds is 5. The molecule has 0 radical (unpaired) electrons. The van der Waals surface area contributed by atoms with Gasteiger partial charge in [-0.1, -0.05) is 36.4 Å². The average molecular weight is 274 g/mol. The van der Waals surface area contributed by atoms with E-state index < -0.39 is 6.10 Å². The van der Waals surface area contributed by atoms with E-state index in [2.05, 4.69) is 0 Å². The summed E-state index contributed by atoms with van der Waals surface area (Å²) in [5.41, 5.74) is 1.65. The summed E-state index contributed by atoms with van der Waals surface area (Å²) < 4.78 is 0. The normalized spacial score (nSPS) is 12.3. The van der Waals surface area contributed by atoms with Crippen LogP contribution in [-0.4, -0.2) is 22.1 Å². The van der Waals surface area contributed by atoms with Crippen molar-refractivity contribution in [3.8, 4) is 5.75 Å². The molecular weight excluding hydrogens is 256 g/mol. The van der Waals surface area contributed by atoms with Crippen LogP contribution in [0.5, 0.6) is 5.75 Å². The van der Waals surface area contributed by atoms with E-state index in [9.17, 15) is 10.2 Å². The van der Waals surface area contributed by atoms with Crippen LogP contribution in [0.15, 0.2) is 53.4 Å². The van der Waals surface area contributed by atoms with Crippen molar-refractivity contribution >= 4 is 11.8 Å². The molecule has 0 aliphatic heterocycles. The van der Waals surface area contributed by atoms with Crippen LogP contribution in [0, 0.1) is 6.92 Å². The van der Waals surface area contributed by atoms with Crippen molar-refractivity contribution in [3.63, 3.8) is 0 Å². The Morgan fingerprint density at radius 3 is 2.53 bits per heavy atom. The number of hydrogen-bond donors (Lipinski definition) is 2. The molecule has 2 nitrogen and oxygen atoms in total. The van der Waals surface area contributed by atoms with Crippen LogP contribution < -0.4 is 0 Å². The molecule has 3 heteroatoms. The SMILES string of the molecule is Cc1cccc(CC(O)CSc2ccccc2)c1O. The lowest BCUT2D eigenvalue weighted by Crippen LogP contribution is -2.13. The van der Waals surface area contributed by atoms with E-state index in [4.69, 9.17) is 0 Å². The number of phenolic OH excluding ortho intramolecular Hbond substituents is 1. The third-order valence-electron chi connectivity index (χ3n) is 2.96. The summed E-state index contributed by atoms with van der Waals surface area (Å²) in [6, 6.07) is 15.6. The highest BCUT2D eigenvalue weighted by Gasteiger charge is 2.10. The monoisotopic (exact) mass is 274 g/mol. The zero-order valence-electron chi connectivity index (χ0n) is 10.9. The lowest BCUT2D eigenvalue weighted by molar-refractivity contribution is 0.199. The average Bonchev–Trinajstić information content (AvgIpc) is 2.43. The Bertz CT molecular complexity index is 526. The third-order valence-corrected chi connectivity index (χ3v) is 4.12. The zero-order chi connectivity index (χ0) is 13.7. The quantitative estimate of drug-likeness (QED) is 0.821. The van der Waals surface area contributed by atoms with E-state index in [1.54, 1.807) is 11.8 Å². The summed E-state index contributed by atoms with van der Waals surface area (Å²) in [7, 11) is 0. The van der Waals surface area contributed by atoms with Crippen LogP contribution in [0.1, 0.15) is 11.1 Å². The maximum atomic E-state index is 10.0. The minimum absolute atomic E-state index is 0.297. The van der Waals surface area contributed by atoms with E-state index in [0.29, 0.717) is 17.9 Å². The second kappa shape index (κ2) is 6.64. The van der Waals surface area contributed by atoms with Crippen LogP contribution in [0.4, 0.5) is 0 Å². The first kappa shape index (κ1) is 14.0. The van der Waals surface area contributed by atoms with Gasteiger partial charge in [-0.3, -0.25) is 0 Å². The summed E-state index contributed by atoms with van der Waals surface area (Å²) in [5.74, 6) is 0.920. The topological polar surface area (TPSA) is 40.5 Å². The Kier molecular flexibility index (Phi) is 4.88. The molecule has 0 aliphatic carbocycles. The van der Waals surface area contributed by atoms with Crippen molar-refractivity contribution in [1.82, 2.24) is 0 Å². The molecule has 0 amide bonds. The van der Waals surface area contributed by atoms with E-state index in [1.165, 1.54) is 0 Å². The number of para-hydroxylation sites is 1. The molecule has 0 heterocycles. The van der Waals surface area contributed by atoms with Crippen molar-refractivity contribution in [1.29, 1.82) is 0 Å². The molecule has 0 spiro atoms.